The van der Waals surface area contributed by atoms with Crippen LogP contribution in [0.1, 0.15) is 44.7 Å². The number of carbonyl (C=O) groups excluding carboxylic acids is 2. The van der Waals surface area contributed by atoms with Gasteiger partial charge in [-0.2, -0.15) is 4.98 Å². The number of halogens is 1. The normalized spacial score (nSPS) is 19.1. The van der Waals surface area contributed by atoms with Crippen molar-refractivity contribution in [2.45, 2.75) is 45.2 Å². The zero-order valence-corrected chi connectivity index (χ0v) is 17.8. The number of hydrogen-bond donors (Lipinski definition) is 1. The summed E-state index contributed by atoms with van der Waals surface area (Å²) in [6.45, 7) is 7.85. The Morgan fingerprint density at radius 2 is 1.71 bits per heavy atom. The van der Waals surface area contributed by atoms with E-state index in [0.717, 1.165) is 10.5 Å². The van der Waals surface area contributed by atoms with Crippen LogP contribution in [0.2, 0.25) is 0 Å². The van der Waals surface area contributed by atoms with E-state index in [2.05, 4.69) is 36.2 Å². The minimum atomic E-state index is -1.19. The highest BCUT2D eigenvalue weighted by Crippen LogP contribution is 2.32. The Balaban J connectivity index is 1.54. The predicted molar refractivity (Wildman–Crippen MR) is 111 cm³/mol. The Labute approximate surface area is 179 Å². The molecule has 160 valence electrons. The molecule has 1 aliphatic heterocycles. The number of aromatic nitrogens is 2. The van der Waals surface area contributed by atoms with Gasteiger partial charge < -0.3 is 9.84 Å². The molecular weight excluding hydrogens is 399 g/mol. The number of hydrogen-bond acceptors (Lipinski definition) is 5. The molecule has 0 saturated carbocycles. The van der Waals surface area contributed by atoms with Gasteiger partial charge in [0.15, 0.2) is 0 Å². The van der Waals surface area contributed by atoms with E-state index in [1.807, 2.05) is 24.3 Å². The first-order valence-electron chi connectivity index (χ1n) is 9.91. The Kier molecular flexibility index (Phi) is 4.88. The van der Waals surface area contributed by atoms with Crippen LogP contribution in [0.3, 0.4) is 0 Å². The highest BCUT2D eigenvalue weighted by Gasteiger charge is 2.49. The van der Waals surface area contributed by atoms with E-state index in [4.69, 9.17) is 4.52 Å². The molecule has 3 aromatic rings. The van der Waals surface area contributed by atoms with Crippen molar-refractivity contribution in [2.24, 2.45) is 0 Å². The van der Waals surface area contributed by atoms with Crippen LogP contribution in [0.15, 0.2) is 53.1 Å². The average Bonchev–Trinajstić information content (AvgIpc) is 3.27. The number of benzene rings is 2. The number of urea groups is 1. The van der Waals surface area contributed by atoms with Gasteiger partial charge in [0.25, 0.3) is 5.91 Å². The lowest BCUT2D eigenvalue weighted by Gasteiger charge is -2.24. The van der Waals surface area contributed by atoms with Crippen LogP contribution < -0.4 is 5.32 Å². The van der Waals surface area contributed by atoms with Gasteiger partial charge in [-0.25, -0.2) is 9.18 Å². The molecule has 0 bridgehead atoms. The van der Waals surface area contributed by atoms with E-state index in [1.54, 1.807) is 6.92 Å². The van der Waals surface area contributed by atoms with Crippen LogP contribution in [0.25, 0.3) is 11.4 Å². The first-order chi connectivity index (χ1) is 14.6. The van der Waals surface area contributed by atoms with Crippen molar-refractivity contribution >= 4 is 11.9 Å². The summed E-state index contributed by atoms with van der Waals surface area (Å²) < 4.78 is 18.3. The van der Waals surface area contributed by atoms with Crippen molar-refractivity contribution in [2.75, 3.05) is 0 Å². The monoisotopic (exact) mass is 422 g/mol. The lowest BCUT2D eigenvalue weighted by Crippen LogP contribution is -2.40. The van der Waals surface area contributed by atoms with Gasteiger partial charge in [0, 0.05) is 5.56 Å². The van der Waals surface area contributed by atoms with Crippen molar-refractivity contribution < 1.29 is 18.5 Å². The summed E-state index contributed by atoms with van der Waals surface area (Å²) in [7, 11) is 0. The molecule has 1 N–H and O–H groups in total. The second-order valence-electron chi connectivity index (χ2n) is 8.79. The van der Waals surface area contributed by atoms with E-state index < -0.39 is 17.5 Å². The third-order valence-corrected chi connectivity index (χ3v) is 5.47. The molecule has 1 unspecified atom stereocenters. The molecule has 1 saturated heterocycles. The number of imide groups is 1. The third kappa shape index (κ3) is 3.81. The summed E-state index contributed by atoms with van der Waals surface area (Å²) in [5, 5.41) is 6.63. The molecule has 2 aromatic carbocycles. The number of amides is 3. The fourth-order valence-corrected chi connectivity index (χ4v) is 3.51. The summed E-state index contributed by atoms with van der Waals surface area (Å²) >= 11 is 0. The summed E-state index contributed by atoms with van der Waals surface area (Å²) in [4.78, 5) is 31.0. The summed E-state index contributed by atoms with van der Waals surface area (Å²) in [5.74, 6) is -0.415. The van der Waals surface area contributed by atoms with Gasteiger partial charge in [-0.3, -0.25) is 9.69 Å². The Hall–Kier alpha value is -3.55. The molecule has 1 aromatic heterocycles. The lowest BCUT2D eigenvalue weighted by molar-refractivity contribution is -0.131. The van der Waals surface area contributed by atoms with Crippen molar-refractivity contribution in [1.29, 1.82) is 0 Å². The predicted octanol–water partition coefficient (Wildman–Crippen LogP) is 4.14. The molecule has 8 heteroatoms. The van der Waals surface area contributed by atoms with E-state index in [9.17, 15) is 14.0 Å². The summed E-state index contributed by atoms with van der Waals surface area (Å²) in [6, 6.07) is 12.8. The molecule has 2 heterocycles. The zero-order chi connectivity index (χ0) is 22.4. The fraction of sp³-hybridized carbons (Fsp3) is 0.304. The van der Waals surface area contributed by atoms with Crippen LogP contribution in [0.4, 0.5) is 9.18 Å². The van der Waals surface area contributed by atoms with Gasteiger partial charge in [-0.05, 0) is 47.7 Å². The first-order valence-corrected chi connectivity index (χ1v) is 9.91. The van der Waals surface area contributed by atoms with Gasteiger partial charge in [0.2, 0.25) is 11.7 Å². The third-order valence-electron chi connectivity index (χ3n) is 5.47. The Morgan fingerprint density at radius 3 is 2.32 bits per heavy atom. The largest absolute Gasteiger partial charge is 0.337 e. The molecule has 3 amide bonds. The second kappa shape index (κ2) is 7.30. The van der Waals surface area contributed by atoms with Crippen LogP contribution in [-0.2, 0) is 22.3 Å². The van der Waals surface area contributed by atoms with Gasteiger partial charge in [0.05, 0.1) is 0 Å². The van der Waals surface area contributed by atoms with Crippen molar-refractivity contribution in [1.82, 2.24) is 20.4 Å². The number of carbonyl (C=O) groups is 2. The number of nitrogens with one attached hydrogen (secondary N) is 1. The van der Waals surface area contributed by atoms with Crippen molar-refractivity contribution in [3.8, 4) is 11.4 Å². The minimum Gasteiger partial charge on any atom is -0.337 e. The van der Waals surface area contributed by atoms with Crippen LogP contribution >= 0.6 is 0 Å². The van der Waals surface area contributed by atoms with E-state index in [-0.39, 0.29) is 29.5 Å². The summed E-state index contributed by atoms with van der Waals surface area (Å²) in [5.41, 5.74) is 1.19. The van der Waals surface area contributed by atoms with Crippen molar-refractivity contribution in [3.05, 3.63) is 71.4 Å². The second-order valence-corrected chi connectivity index (χ2v) is 8.79. The molecule has 1 aliphatic rings. The zero-order valence-electron chi connectivity index (χ0n) is 17.8. The maximum atomic E-state index is 13.1. The molecule has 31 heavy (non-hydrogen) atoms. The minimum absolute atomic E-state index is 0.0193. The number of nitrogens with zero attached hydrogens (tertiary/aromatic N) is 3. The molecule has 4 rings (SSSR count). The SMILES string of the molecule is CC(C)(C)c1ccc(C2(C)NC(=O)N(Cc3nc(-c4ccc(F)cc4)no3)C2=O)cc1. The van der Waals surface area contributed by atoms with Gasteiger partial charge in [0.1, 0.15) is 17.9 Å². The van der Waals surface area contributed by atoms with Crippen LogP contribution in [0.5, 0.6) is 0 Å². The maximum Gasteiger partial charge on any atom is 0.325 e. The highest BCUT2D eigenvalue weighted by atomic mass is 19.1. The maximum absolute atomic E-state index is 13.1. The Bertz CT molecular complexity index is 1130. The lowest BCUT2D eigenvalue weighted by atomic mass is 9.84. The van der Waals surface area contributed by atoms with Gasteiger partial charge in [-0.1, -0.05) is 50.2 Å². The molecule has 0 aliphatic carbocycles. The topological polar surface area (TPSA) is 88.3 Å². The molecule has 1 fully saturated rings. The van der Waals surface area contributed by atoms with E-state index in [1.165, 1.54) is 24.3 Å². The molecule has 7 nitrogen and oxygen atoms in total. The Morgan fingerprint density at radius 1 is 1.06 bits per heavy atom. The van der Waals surface area contributed by atoms with Gasteiger partial charge >= 0.3 is 6.03 Å². The van der Waals surface area contributed by atoms with E-state index >= 15 is 0 Å². The fourth-order valence-electron chi connectivity index (χ4n) is 3.51. The smallest absolute Gasteiger partial charge is 0.325 e. The quantitative estimate of drug-likeness (QED) is 0.639. The van der Waals surface area contributed by atoms with Crippen LogP contribution in [-0.4, -0.2) is 27.0 Å². The number of rotatable bonds is 4. The summed E-state index contributed by atoms with van der Waals surface area (Å²) in [6.07, 6.45) is 0. The van der Waals surface area contributed by atoms with Crippen molar-refractivity contribution in [3.63, 3.8) is 0 Å². The average molecular weight is 422 g/mol. The first kappa shape index (κ1) is 20.7. The van der Waals surface area contributed by atoms with Gasteiger partial charge in [-0.15, -0.1) is 0 Å². The highest BCUT2D eigenvalue weighted by molar-refractivity contribution is 6.07. The van der Waals surface area contributed by atoms with Crippen LogP contribution in [0, 0.1) is 5.82 Å². The molecule has 1 atom stereocenters. The molecule has 0 radical (unpaired) electrons. The standard InChI is InChI=1S/C23H23FN4O3/c1-22(2,3)15-7-9-16(10-8-15)23(4)20(29)28(21(30)26-23)13-18-25-19(27-31-18)14-5-11-17(24)12-6-14/h5-12H,13H2,1-4H3,(H,26,30). The molecule has 0 spiro atoms. The molecular formula is C23H23FN4O3. The van der Waals surface area contributed by atoms with E-state index in [0.29, 0.717) is 11.1 Å².